The molecule has 1 aromatic heterocycles. The zero-order chi connectivity index (χ0) is 15.7. The van der Waals surface area contributed by atoms with Crippen molar-refractivity contribution in [3.63, 3.8) is 0 Å². The maximum atomic E-state index is 4.53. The standard InChI is InChI=1S/C14H23N.2C2H6/c1-13(2,3)9-12-8-7-11(10-15-12)14(4,5)6;2*1-2/h7-8,10H,9H2,1-6H3;2*1-2H3. The van der Waals surface area contributed by atoms with Crippen LogP contribution >= 0.6 is 0 Å². The van der Waals surface area contributed by atoms with Crippen LogP contribution in [0.15, 0.2) is 18.3 Å². The van der Waals surface area contributed by atoms with Gasteiger partial charge in [0.1, 0.15) is 0 Å². The molecule has 0 aliphatic rings. The summed E-state index contributed by atoms with van der Waals surface area (Å²) in [6.45, 7) is 21.4. The van der Waals surface area contributed by atoms with Crippen molar-refractivity contribution in [3.05, 3.63) is 29.6 Å². The highest BCUT2D eigenvalue weighted by Gasteiger charge is 2.15. The first-order valence-electron chi connectivity index (χ1n) is 7.64. The van der Waals surface area contributed by atoms with E-state index in [9.17, 15) is 0 Å². The van der Waals surface area contributed by atoms with E-state index in [0.717, 1.165) is 6.42 Å². The maximum absolute atomic E-state index is 4.53. The van der Waals surface area contributed by atoms with Gasteiger partial charge >= 0.3 is 0 Å². The van der Waals surface area contributed by atoms with Gasteiger partial charge in [0.15, 0.2) is 0 Å². The molecule has 0 bridgehead atoms. The van der Waals surface area contributed by atoms with Gasteiger partial charge in [-0.2, -0.15) is 0 Å². The topological polar surface area (TPSA) is 12.9 Å². The van der Waals surface area contributed by atoms with E-state index in [1.54, 1.807) is 0 Å². The van der Waals surface area contributed by atoms with Gasteiger partial charge in [-0.05, 0) is 28.9 Å². The Morgan fingerprint density at radius 3 is 1.58 bits per heavy atom. The van der Waals surface area contributed by atoms with Gasteiger partial charge in [0.25, 0.3) is 0 Å². The van der Waals surface area contributed by atoms with Gasteiger partial charge < -0.3 is 0 Å². The molecule has 1 aromatic rings. The van der Waals surface area contributed by atoms with Crippen molar-refractivity contribution in [2.75, 3.05) is 0 Å². The Balaban J connectivity index is 0. The molecule has 0 aliphatic carbocycles. The van der Waals surface area contributed by atoms with Gasteiger partial charge in [0.05, 0.1) is 0 Å². The lowest BCUT2D eigenvalue weighted by atomic mass is 9.87. The number of hydrogen-bond acceptors (Lipinski definition) is 1. The fourth-order valence-corrected chi connectivity index (χ4v) is 1.52. The first kappa shape index (κ1) is 20.5. The van der Waals surface area contributed by atoms with E-state index < -0.39 is 0 Å². The monoisotopic (exact) mass is 265 g/mol. The molecular formula is C18H35N. The highest BCUT2D eigenvalue weighted by Crippen LogP contribution is 2.23. The average Bonchev–Trinajstić information content (AvgIpc) is 2.32. The summed E-state index contributed by atoms with van der Waals surface area (Å²) in [5.41, 5.74) is 3.01. The molecule has 1 heteroatoms. The lowest BCUT2D eigenvalue weighted by molar-refractivity contribution is 0.406. The molecule has 1 nitrogen and oxygen atoms in total. The summed E-state index contributed by atoms with van der Waals surface area (Å²) < 4.78 is 0. The average molecular weight is 265 g/mol. The molecule has 0 N–H and O–H groups in total. The molecule has 0 atom stereocenters. The van der Waals surface area contributed by atoms with Crippen LogP contribution in [0.4, 0.5) is 0 Å². The Labute approximate surface area is 121 Å². The molecule has 19 heavy (non-hydrogen) atoms. The first-order chi connectivity index (χ1) is 8.68. The molecule has 0 fully saturated rings. The molecule has 112 valence electrons. The highest BCUT2D eigenvalue weighted by atomic mass is 14.7. The van der Waals surface area contributed by atoms with Gasteiger partial charge in [-0.3, -0.25) is 4.98 Å². The van der Waals surface area contributed by atoms with Crippen LogP contribution in [0.2, 0.25) is 0 Å². The third kappa shape index (κ3) is 9.69. The minimum atomic E-state index is 0.202. The van der Waals surface area contributed by atoms with Crippen molar-refractivity contribution in [2.45, 2.75) is 81.1 Å². The third-order valence-electron chi connectivity index (χ3n) is 2.40. The van der Waals surface area contributed by atoms with Crippen LogP contribution in [0.5, 0.6) is 0 Å². The summed E-state index contributed by atoms with van der Waals surface area (Å²) in [5.74, 6) is 0. The predicted molar refractivity (Wildman–Crippen MR) is 88.8 cm³/mol. The van der Waals surface area contributed by atoms with Crippen molar-refractivity contribution in [1.82, 2.24) is 4.98 Å². The van der Waals surface area contributed by atoms with E-state index in [1.807, 2.05) is 33.9 Å². The maximum Gasteiger partial charge on any atom is 0.0409 e. The lowest BCUT2D eigenvalue weighted by Crippen LogP contribution is -2.14. The summed E-state index contributed by atoms with van der Waals surface area (Å²) in [6.07, 6.45) is 3.05. The number of nitrogens with zero attached hydrogens (tertiary/aromatic N) is 1. The first-order valence-corrected chi connectivity index (χ1v) is 7.64. The normalized spacial score (nSPS) is 10.8. The molecule has 0 spiro atoms. The van der Waals surface area contributed by atoms with Crippen LogP contribution in [0.3, 0.4) is 0 Å². The van der Waals surface area contributed by atoms with Gasteiger partial charge in [-0.15, -0.1) is 0 Å². The van der Waals surface area contributed by atoms with E-state index >= 15 is 0 Å². The largest absolute Gasteiger partial charge is 0.261 e. The summed E-state index contributed by atoms with van der Waals surface area (Å²) >= 11 is 0. The predicted octanol–water partition coefficient (Wildman–Crippen LogP) is 6.02. The van der Waals surface area contributed by atoms with Gasteiger partial charge in [0.2, 0.25) is 0 Å². The molecule has 0 amide bonds. The quantitative estimate of drug-likeness (QED) is 0.605. The summed E-state index contributed by atoms with van der Waals surface area (Å²) in [5, 5.41) is 0. The van der Waals surface area contributed by atoms with Crippen LogP contribution in [0.25, 0.3) is 0 Å². The Morgan fingerprint density at radius 1 is 0.842 bits per heavy atom. The molecule has 0 aromatic carbocycles. The van der Waals surface area contributed by atoms with Crippen molar-refractivity contribution < 1.29 is 0 Å². The number of rotatable bonds is 1. The third-order valence-corrected chi connectivity index (χ3v) is 2.40. The molecule has 1 rings (SSSR count). The van der Waals surface area contributed by atoms with E-state index in [2.05, 4.69) is 58.7 Å². The summed E-state index contributed by atoms with van der Waals surface area (Å²) in [7, 11) is 0. The zero-order valence-corrected chi connectivity index (χ0v) is 14.9. The minimum Gasteiger partial charge on any atom is -0.261 e. The molecule has 0 aliphatic heterocycles. The van der Waals surface area contributed by atoms with E-state index in [0.29, 0.717) is 5.41 Å². The van der Waals surface area contributed by atoms with Crippen molar-refractivity contribution >= 4 is 0 Å². The second kappa shape index (κ2) is 9.12. The van der Waals surface area contributed by atoms with Crippen LogP contribution < -0.4 is 0 Å². The van der Waals surface area contributed by atoms with E-state index in [4.69, 9.17) is 0 Å². The molecule has 0 unspecified atom stereocenters. The second-order valence-corrected chi connectivity index (χ2v) is 6.53. The summed E-state index contributed by atoms with van der Waals surface area (Å²) in [6, 6.07) is 4.36. The highest BCUT2D eigenvalue weighted by molar-refractivity contribution is 5.21. The van der Waals surface area contributed by atoms with Crippen LogP contribution in [-0.4, -0.2) is 4.98 Å². The van der Waals surface area contributed by atoms with Crippen molar-refractivity contribution in [3.8, 4) is 0 Å². The number of aromatic nitrogens is 1. The Bertz CT molecular complexity index is 309. The van der Waals surface area contributed by atoms with Crippen LogP contribution in [0.1, 0.15) is 80.5 Å². The van der Waals surface area contributed by atoms with Crippen LogP contribution in [0, 0.1) is 5.41 Å². The smallest absolute Gasteiger partial charge is 0.0409 e. The van der Waals surface area contributed by atoms with Crippen molar-refractivity contribution in [1.29, 1.82) is 0 Å². The lowest BCUT2D eigenvalue weighted by Gasteiger charge is -2.20. The minimum absolute atomic E-state index is 0.202. The number of pyridine rings is 1. The fraction of sp³-hybridized carbons (Fsp3) is 0.722. The molecule has 0 saturated carbocycles. The van der Waals surface area contributed by atoms with Crippen molar-refractivity contribution in [2.24, 2.45) is 5.41 Å². The molecular weight excluding hydrogens is 230 g/mol. The SMILES string of the molecule is CC.CC.CC(C)(C)Cc1ccc(C(C)(C)C)cn1. The molecule has 0 saturated heterocycles. The van der Waals surface area contributed by atoms with Gasteiger partial charge in [-0.25, -0.2) is 0 Å². The Kier molecular flexibility index (Phi) is 9.82. The molecule has 1 heterocycles. The van der Waals surface area contributed by atoms with Gasteiger partial charge in [-0.1, -0.05) is 75.3 Å². The zero-order valence-electron chi connectivity index (χ0n) is 14.9. The fourth-order valence-electron chi connectivity index (χ4n) is 1.52. The summed E-state index contributed by atoms with van der Waals surface area (Å²) in [4.78, 5) is 4.53. The Hall–Kier alpha value is -0.850. The van der Waals surface area contributed by atoms with E-state index in [-0.39, 0.29) is 5.41 Å². The van der Waals surface area contributed by atoms with Gasteiger partial charge in [0, 0.05) is 11.9 Å². The van der Waals surface area contributed by atoms with Crippen LogP contribution in [-0.2, 0) is 11.8 Å². The second-order valence-electron chi connectivity index (χ2n) is 6.53. The molecule has 0 radical (unpaired) electrons. The van der Waals surface area contributed by atoms with E-state index in [1.165, 1.54) is 11.3 Å². The number of hydrogen-bond donors (Lipinski definition) is 0. The Morgan fingerprint density at radius 2 is 1.32 bits per heavy atom.